The molecule has 1 saturated heterocycles. The summed E-state index contributed by atoms with van der Waals surface area (Å²) in [7, 11) is -2.12. The van der Waals surface area contributed by atoms with Crippen LogP contribution >= 0.6 is 0 Å². The molecule has 1 amide bonds. The third kappa shape index (κ3) is 6.37. The van der Waals surface area contributed by atoms with Gasteiger partial charge in [-0.2, -0.15) is 0 Å². The topological polar surface area (TPSA) is 79.0 Å². The lowest BCUT2D eigenvalue weighted by Gasteiger charge is -2.32. The molecule has 0 radical (unpaired) electrons. The lowest BCUT2D eigenvalue weighted by molar-refractivity contribution is -0.119. The first kappa shape index (κ1) is 22.9. The number of methoxy groups -OCH3 is 1. The number of nitrogens with one attached hydrogen (secondary N) is 1. The standard InChI is InChI=1S/C23H31N3O4S/c1-18-6-5-13-25(16-18)20-11-9-19(10-12-20)15-24-23(27)17-26(31(3,28)29)21-7-4-8-22(14-21)30-2/h4,7-12,14,18H,5-6,13,15-17H2,1-3H3,(H,24,27). The molecule has 0 aromatic heterocycles. The van der Waals surface area contributed by atoms with Crippen LogP contribution < -0.4 is 19.3 Å². The van der Waals surface area contributed by atoms with Gasteiger partial charge in [-0.3, -0.25) is 9.10 Å². The monoisotopic (exact) mass is 445 g/mol. The van der Waals surface area contributed by atoms with Crippen LogP contribution in [0.25, 0.3) is 0 Å². The number of nitrogens with zero attached hydrogens (tertiary/aromatic N) is 2. The molecule has 1 aliphatic heterocycles. The van der Waals surface area contributed by atoms with E-state index in [1.54, 1.807) is 24.3 Å². The van der Waals surface area contributed by atoms with Gasteiger partial charge in [-0.25, -0.2) is 8.42 Å². The average molecular weight is 446 g/mol. The summed E-state index contributed by atoms with van der Waals surface area (Å²) in [5.74, 6) is 0.854. The Labute approximate surface area is 185 Å². The van der Waals surface area contributed by atoms with Gasteiger partial charge >= 0.3 is 0 Å². The number of rotatable bonds is 8. The summed E-state index contributed by atoms with van der Waals surface area (Å²) in [4.78, 5) is 14.9. The van der Waals surface area contributed by atoms with E-state index >= 15 is 0 Å². The zero-order valence-electron chi connectivity index (χ0n) is 18.4. The van der Waals surface area contributed by atoms with E-state index in [0.717, 1.165) is 29.2 Å². The maximum atomic E-state index is 12.5. The molecule has 0 bridgehead atoms. The van der Waals surface area contributed by atoms with Crippen LogP contribution in [0.5, 0.6) is 5.75 Å². The minimum absolute atomic E-state index is 0.296. The van der Waals surface area contributed by atoms with Gasteiger partial charge in [0.25, 0.3) is 0 Å². The van der Waals surface area contributed by atoms with E-state index in [1.807, 2.05) is 12.1 Å². The number of hydrogen-bond acceptors (Lipinski definition) is 5. The third-order valence-electron chi connectivity index (χ3n) is 5.48. The molecule has 1 heterocycles. The van der Waals surface area contributed by atoms with Crippen LogP contribution in [-0.4, -0.2) is 47.3 Å². The second kappa shape index (κ2) is 10.0. The van der Waals surface area contributed by atoms with E-state index < -0.39 is 10.0 Å². The Morgan fingerprint density at radius 2 is 1.97 bits per heavy atom. The van der Waals surface area contributed by atoms with E-state index in [9.17, 15) is 13.2 Å². The molecule has 8 heteroatoms. The highest BCUT2D eigenvalue weighted by molar-refractivity contribution is 7.92. The molecule has 2 aromatic carbocycles. The first-order valence-electron chi connectivity index (χ1n) is 10.5. The first-order chi connectivity index (χ1) is 14.8. The fourth-order valence-electron chi connectivity index (χ4n) is 3.80. The Kier molecular flexibility index (Phi) is 7.43. The van der Waals surface area contributed by atoms with Gasteiger partial charge in [0.15, 0.2) is 0 Å². The highest BCUT2D eigenvalue weighted by Crippen LogP contribution is 2.24. The molecule has 1 aliphatic rings. The van der Waals surface area contributed by atoms with Crippen molar-refractivity contribution >= 4 is 27.3 Å². The van der Waals surface area contributed by atoms with Crippen molar-refractivity contribution in [3.8, 4) is 5.75 Å². The van der Waals surface area contributed by atoms with E-state index in [0.29, 0.717) is 23.9 Å². The SMILES string of the molecule is COc1cccc(N(CC(=O)NCc2ccc(N3CCCC(C)C3)cc2)S(C)(=O)=O)c1. The van der Waals surface area contributed by atoms with Gasteiger partial charge in [0.2, 0.25) is 15.9 Å². The molecule has 1 fully saturated rings. The van der Waals surface area contributed by atoms with Gasteiger partial charge in [-0.05, 0) is 48.6 Å². The smallest absolute Gasteiger partial charge is 0.241 e. The Morgan fingerprint density at radius 1 is 1.23 bits per heavy atom. The minimum atomic E-state index is -3.63. The molecule has 7 nitrogen and oxygen atoms in total. The molecule has 1 atom stereocenters. The zero-order valence-corrected chi connectivity index (χ0v) is 19.2. The molecular weight excluding hydrogens is 414 g/mol. The van der Waals surface area contributed by atoms with Gasteiger partial charge in [-0.1, -0.05) is 25.1 Å². The van der Waals surface area contributed by atoms with E-state index in [4.69, 9.17) is 4.74 Å². The minimum Gasteiger partial charge on any atom is -0.497 e. The van der Waals surface area contributed by atoms with Crippen molar-refractivity contribution in [3.05, 3.63) is 54.1 Å². The first-order valence-corrected chi connectivity index (χ1v) is 12.3. The molecule has 1 N–H and O–H groups in total. The van der Waals surface area contributed by atoms with Gasteiger partial charge in [0, 0.05) is 31.4 Å². The summed E-state index contributed by atoms with van der Waals surface area (Å²) >= 11 is 0. The van der Waals surface area contributed by atoms with Crippen molar-refractivity contribution in [2.75, 3.05) is 42.2 Å². The molecule has 3 rings (SSSR count). The highest BCUT2D eigenvalue weighted by Gasteiger charge is 2.21. The largest absolute Gasteiger partial charge is 0.497 e. The highest BCUT2D eigenvalue weighted by atomic mass is 32.2. The number of benzene rings is 2. The number of anilines is 2. The summed E-state index contributed by atoms with van der Waals surface area (Å²) in [5.41, 5.74) is 2.55. The summed E-state index contributed by atoms with van der Waals surface area (Å²) in [5, 5.41) is 2.82. The van der Waals surface area contributed by atoms with Crippen LogP contribution in [0.3, 0.4) is 0 Å². The molecular formula is C23H31N3O4S. The molecule has 1 unspecified atom stereocenters. The predicted octanol–water partition coefficient (Wildman–Crippen LogP) is 3.01. The quantitative estimate of drug-likeness (QED) is 0.676. The van der Waals surface area contributed by atoms with E-state index in [1.165, 1.54) is 25.6 Å². The Hall–Kier alpha value is -2.74. The summed E-state index contributed by atoms with van der Waals surface area (Å²) in [6.45, 7) is 4.47. The van der Waals surface area contributed by atoms with Gasteiger partial charge in [-0.15, -0.1) is 0 Å². The number of carbonyl (C=O) groups is 1. The molecule has 31 heavy (non-hydrogen) atoms. The van der Waals surface area contributed by atoms with Crippen LogP contribution in [0.1, 0.15) is 25.3 Å². The average Bonchev–Trinajstić information content (AvgIpc) is 2.75. The summed E-state index contributed by atoms with van der Waals surface area (Å²) < 4.78 is 30.7. The fraction of sp³-hybridized carbons (Fsp3) is 0.435. The van der Waals surface area contributed by atoms with Crippen molar-refractivity contribution in [2.24, 2.45) is 5.92 Å². The number of sulfonamides is 1. The maximum Gasteiger partial charge on any atom is 0.241 e. The van der Waals surface area contributed by atoms with E-state index in [2.05, 4.69) is 29.3 Å². The molecule has 0 spiro atoms. The normalized spacial score (nSPS) is 16.6. The molecule has 0 saturated carbocycles. The molecule has 0 aliphatic carbocycles. The second-order valence-corrected chi connectivity index (χ2v) is 10.0. The number of ether oxygens (including phenoxy) is 1. The summed E-state index contributed by atoms with van der Waals surface area (Å²) in [6, 6.07) is 14.8. The third-order valence-corrected chi connectivity index (χ3v) is 6.62. The number of carbonyl (C=O) groups excluding carboxylic acids is 1. The number of amides is 1. The molecule has 2 aromatic rings. The Morgan fingerprint density at radius 3 is 2.61 bits per heavy atom. The van der Waals surface area contributed by atoms with Crippen LogP contribution in [0.15, 0.2) is 48.5 Å². The maximum absolute atomic E-state index is 12.5. The zero-order chi connectivity index (χ0) is 22.4. The lowest BCUT2D eigenvalue weighted by Crippen LogP contribution is -2.40. The lowest BCUT2D eigenvalue weighted by atomic mass is 9.99. The van der Waals surface area contributed by atoms with Crippen molar-refractivity contribution in [3.63, 3.8) is 0 Å². The number of hydrogen-bond donors (Lipinski definition) is 1. The Bertz CT molecular complexity index is 992. The van der Waals surface area contributed by atoms with Gasteiger partial charge in [0.05, 0.1) is 19.1 Å². The van der Waals surface area contributed by atoms with Crippen LogP contribution in [0.4, 0.5) is 11.4 Å². The summed E-state index contributed by atoms with van der Waals surface area (Å²) in [6.07, 6.45) is 3.57. The predicted molar refractivity (Wildman–Crippen MR) is 124 cm³/mol. The Balaban J connectivity index is 1.60. The van der Waals surface area contributed by atoms with Crippen molar-refractivity contribution < 1.29 is 17.9 Å². The van der Waals surface area contributed by atoms with Crippen LogP contribution in [-0.2, 0) is 21.4 Å². The second-order valence-electron chi connectivity index (χ2n) is 8.11. The van der Waals surface area contributed by atoms with Crippen LogP contribution in [0, 0.1) is 5.92 Å². The number of piperidine rings is 1. The van der Waals surface area contributed by atoms with Crippen molar-refractivity contribution in [1.29, 1.82) is 0 Å². The van der Waals surface area contributed by atoms with Crippen LogP contribution in [0.2, 0.25) is 0 Å². The van der Waals surface area contributed by atoms with Crippen molar-refractivity contribution in [2.45, 2.75) is 26.3 Å². The molecule has 168 valence electrons. The van der Waals surface area contributed by atoms with Gasteiger partial charge < -0.3 is 15.0 Å². The van der Waals surface area contributed by atoms with E-state index in [-0.39, 0.29) is 12.5 Å². The fourth-order valence-corrected chi connectivity index (χ4v) is 4.65. The van der Waals surface area contributed by atoms with Gasteiger partial charge in [0.1, 0.15) is 12.3 Å². The van der Waals surface area contributed by atoms with Crippen molar-refractivity contribution in [1.82, 2.24) is 5.32 Å².